The molecule has 0 saturated heterocycles. The van der Waals surface area contributed by atoms with E-state index in [1.165, 1.54) is 6.92 Å². The van der Waals surface area contributed by atoms with Crippen LogP contribution < -0.4 is 5.32 Å². The Bertz CT molecular complexity index is 226. The van der Waals surface area contributed by atoms with Gasteiger partial charge in [-0.25, -0.2) is 0 Å². The number of ketones is 1. The standard InChI is InChI=1S/C12H23NO2/c1-6-8(2)7-9(3)12(15)13-10(4)11(5)14/h8-10H,6-7H2,1-5H3,(H,13,15). The Labute approximate surface area is 92.6 Å². The van der Waals surface area contributed by atoms with E-state index in [0.29, 0.717) is 5.92 Å². The Balaban J connectivity index is 4.04. The molecule has 1 N–H and O–H groups in total. The molecule has 0 aromatic carbocycles. The number of hydrogen-bond donors (Lipinski definition) is 1. The summed E-state index contributed by atoms with van der Waals surface area (Å²) >= 11 is 0. The first-order valence-corrected chi connectivity index (χ1v) is 5.69. The summed E-state index contributed by atoms with van der Waals surface area (Å²) in [5.41, 5.74) is 0. The van der Waals surface area contributed by atoms with Gasteiger partial charge in [-0.1, -0.05) is 27.2 Å². The number of carbonyl (C=O) groups is 2. The van der Waals surface area contributed by atoms with Crippen LogP contribution in [0, 0.1) is 11.8 Å². The molecule has 3 heteroatoms. The van der Waals surface area contributed by atoms with Crippen molar-refractivity contribution in [1.82, 2.24) is 5.32 Å². The Morgan fingerprint density at radius 2 is 1.73 bits per heavy atom. The van der Waals surface area contributed by atoms with Crippen molar-refractivity contribution in [2.45, 2.75) is 53.5 Å². The van der Waals surface area contributed by atoms with Crippen LogP contribution in [-0.2, 0) is 9.59 Å². The predicted octanol–water partition coefficient (Wildman–Crippen LogP) is 2.15. The Hall–Kier alpha value is -0.860. The molecule has 0 aromatic heterocycles. The number of hydrogen-bond acceptors (Lipinski definition) is 2. The fourth-order valence-electron chi connectivity index (χ4n) is 1.33. The van der Waals surface area contributed by atoms with Gasteiger partial charge in [-0.3, -0.25) is 9.59 Å². The smallest absolute Gasteiger partial charge is 0.223 e. The SMILES string of the molecule is CCC(C)CC(C)C(=O)NC(C)C(C)=O. The lowest BCUT2D eigenvalue weighted by Crippen LogP contribution is -2.40. The average Bonchev–Trinajstić information content (AvgIpc) is 2.16. The lowest BCUT2D eigenvalue weighted by Gasteiger charge is -2.18. The minimum atomic E-state index is -0.364. The molecule has 3 unspecified atom stereocenters. The van der Waals surface area contributed by atoms with Gasteiger partial charge in [0, 0.05) is 5.92 Å². The van der Waals surface area contributed by atoms with Gasteiger partial charge in [-0.15, -0.1) is 0 Å². The summed E-state index contributed by atoms with van der Waals surface area (Å²) in [4.78, 5) is 22.6. The van der Waals surface area contributed by atoms with Crippen molar-refractivity contribution in [3.05, 3.63) is 0 Å². The van der Waals surface area contributed by atoms with Gasteiger partial charge in [0.1, 0.15) is 0 Å². The van der Waals surface area contributed by atoms with Gasteiger partial charge in [-0.05, 0) is 26.2 Å². The monoisotopic (exact) mass is 213 g/mol. The van der Waals surface area contributed by atoms with Crippen LogP contribution in [0.2, 0.25) is 0 Å². The average molecular weight is 213 g/mol. The maximum absolute atomic E-state index is 11.6. The van der Waals surface area contributed by atoms with Crippen LogP contribution in [0.5, 0.6) is 0 Å². The van der Waals surface area contributed by atoms with Crippen molar-refractivity contribution in [2.24, 2.45) is 11.8 Å². The van der Waals surface area contributed by atoms with Crippen molar-refractivity contribution in [3.8, 4) is 0 Å². The molecule has 0 heterocycles. The van der Waals surface area contributed by atoms with E-state index in [9.17, 15) is 9.59 Å². The number of carbonyl (C=O) groups excluding carboxylic acids is 2. The van der Waals surface area contributed by atoms with Gasteiger partial charge >= 0.3 is 0 Å². The van der Waals surface area contributed by atoms with Crippen molar-refractivity contribution < 1.29 is 9.59 Å². The predicted molar refractivity (Wildman–Crippen MR) is 61.5 cm³/mol. The minimum Gasteiger partial charge on any atom is -0.346 e. The largest absolute Gasteiger partial charge is 0.346 e. The molecule has 0 fully saturated rings. The lowest BCUT2D eigenvalue weighted by atomic mass is 9.94. The molecule has 0 bridgehead atoms. The molecule has 1 amide bonds. The number of nitrogens with one attached hydrogen (secondary N) is 1. The highest BCUT2D eigenvalue weighted by Crippen LogP contribution is 2.14. The maximum atomic E-state index is 11.6. The molecular formula is C12H23NO2. The van der Waals surface area contributed by atoms with Crippen molar-refractivity contribution >= 4 is 11.7 Å². The van der Waals surface area contributed by atoms with E-state index in [2.05, 4.69) is 19.2 Å². The van der Waals surface area contributed by atoms with Crippen molar-refractivity contribution in [3.63, 3.8) is 0 Å². The van der Waals surface area contributed by atoms with Crippen molar-refractivity contribution in [2.75, 3.05) is 0 Å². The van der Waals surface area contributed by atoms with Crippen LogP contribution in [0.3, 0.4) is 0 Å². The van der Waals surface area contributed by atoms with Crippen LogP contribution in [0.4, 0.5) is 0 Å². The van der Waals surface area contributed by atoms with Crippen LogP contribution >= 0.6 is 0 Å². The Morgan fingerprint density at radius 3 is 2.13 bits per heavy atom. The highest BCUT2D eigenvalue weighted by atomic mass is 16.2. The highest BCUT2D eigenvalue weighted by molar-refractivity contribution is 5.87. The van der Waals surface area contributed by atoms with E-state index >= 15 is 0 Å². The maximum Gasteiger partial charge on any atom is 0.223 e. The zero-order chi connectivity index (χ0) is 12.0. The fraction of sp³-hybridized carbons (Fsp3) is 0.833. The molecule has 0 radical (unpaired) electrons. The molecule has 0 aliphatic carbocycles. The quantitative estimate of drug-likeness (QED) is 0.735. The van der Waals surface area contributed by atoms with Crippen LogP contribution in [0.1, 0.15) is 47.5 Å². The zero-order valence-electron chi connectivity index (χ0n) is 10.5. The van der Waals surface area contributed by atoms with Gasteiger partial charge in [0.25, 0.3) is 0 Å². The Morgan fingerprint density at radius 1 is 1.20 bits per heavy atom. The fourth-order valence-corrected chi connectivity index (χ4v) is 1.33. The first-order chi connectivity index (χ1) is 6.88. The van der Waals surface area contributed by atoms with Crippen LogP contribution in [0.25, 0.3) is 0 Å². The molecule has 0 saturated carbocycles. The number of rotatable bonds is 6. The molecular weight excluding hydrogens is 190 g/mol. The minimum absolute atomic E-state index is 0.000843. The van der Waals surface area contributed by atoms with Gasteiger partial charge in [-0.2, -0.15) is 0 Å². The summed E-state index contributed by atoms with van der Waals surface area (Å²) in [5, 5.41) is 2.72. The normalized spacial score (nSPS) is 16.6. The third kappa shape index (κ3) is 5.55. The second kappa shape index (κ2) is 6.59. The summed E-state index contributed by atoms with van der Waals surface area (Å²) in [6.45, 7) is 9.38. The molecule has 0 rings (SSSR count). The molecule has 3 nitrogen and oxygen atoms in total. The molecule has 0 aliphatic heterocycles. The number of amides is 1. The van der Waals surface area contributed by atoms with Gasteiger partial charge in [0.05, 0.1) is 6.04 Å². The van der Waals surface area contributed by atoms with Gasteiger partial charge in [0.15, 0.2) is 5.78 Å². The highest BCUT2D eigenvalue weighted by Gasteiger charge is 2.18. The van der Waals surface area contributed by atoms with E-state index in [0.717, 1.165) is 12.8 Å². The van der Waals surface area contributed by atoms with Gasteiger partial charge < -0.3 is 5.32 Å². The Kier molecular flexibility index (Phi) is 6.21. The summed E-state index contributed by atoms with van der Waals surface area (Å²) in [7, 11) is 0. The molecule has 88 valence electrons. The van der Waals surface area contributed by atoms with Crippen molar-refractivity contribution in [1.29, 1.82) is 0 Å². The number of Topliss-reactive ketones (excluding diaryl/α,β-unsaturated/α-hetero) is 1. The molecule has 15 heavy (non-hydrogen) atoms. The third-order valence-corrected chi connectivity index (χ3v) is 2.87. The van der Waals surface area contributed by atoms with E-state index in [4.69, 9.17) is 0 Å². The van der Waals surface area contributed by atoms with E-state index in [-0.39, 0.29) is 23.7 Å². The first kappa shape index (κ1) is 14.1. The van der Waals surface area contributed by atoms with E-state index in [1.54, 1.807) is 6.92 Å². The van der Waals surface area contributed by atoms with Crippen LogP contribution in [-0.4, -0.2) is 17.7 Å². The summed E-state index contributed by atoms with van der Waals surface area (Å²) in [6.07, 6.45) is 1.97. The third-order valence-electron chi connectivity index (χ3n) is 2.87. The van der Waals surface area contributed by atoms with E-state index in [1.807, 2.05) is 6.92 Å². The van der Waals surface area contributed by atoms with Gasteiger partial charge in [0.2, 0.25) is 5.91 Å². The molecule has 0 aliphatic rings. The summed E-state index contributed by atoms with van der Waals surface area (Å²) in [6, 6.07) is -0.364. The van der Waals surface area contributed by atoms with E-state index < -0.39 is 0 Å². The second-order valence-electron chi connectivity index (χ2n) is 4.49. The summed E-state index contributed by atoms with van der Waals surface area (Å²) < 4.78 is 0. The summed E-state index contributed by atoms with van der Waals surface area (Å²) in [5.74, 6) is 0.525. The zero-order valence-corrected chi connectivity index (χ0v) is 10.5. The second-order valence-corrected chi connectivity index (χ2v) is 4.49. The van der Waals surface area contributed by atoms with Crippen LogP contribution in [0.15, 0.2) is 0 Å². The molecule has 3 atom stereocenters. The lowest BCUT2D eigenvalue weighted by molar-refractivity contribution is -0.129. The molecule has 0 spiro atoms. The molecule has 0 aromatic rings. The topological polar surface area (TPSA) is 46.2 Å². The first-order valence-electron chi connectivity index (χ1n) is 5.69.